The molecule has 1 aromatic carbocycles. The van der Waals surface area contributed by atoms with Crippen molar-refractivity contribution in [1.82, 2.24) is 10.3 Å². The molecule has 1 aromatic heterocycles. The first kappa shape index (κ1) is 19.6. The average Bonchev–Trinajstić information content (AvgIpc) is 3.43. The van der Waals surface area contributed by atoms with E-state index in [1.54, 1.807) is 12.1 Å². The van der Waals surface area contributed by atoms with Gasteiger partial charge in [0, 0.05) is 23.4 Å². The van der Waals surface area contributed by atoms with Crippen LogP contribution in [0.25, 0.3) is 10.9 Å². The van der Waals surface area contributed by atoms with Crippen LogP contribution in [0.5, 0.6) is 0 Å². The minimum absolute atomic E-state index is 0.00847. The van der Waals surface area contributed by atoms with Crippen LogP contribution in [0.2, 0.25) is 0 Å². The molecule has 7 nitrogen and oxygen atoms in total. The number of aliphatic hydroxyl groups excluding tert-OH is 1. The summed E-state index contributed by atoms with van der Waals surface area (Å²) in [6.45, 7) is 1.61. The van der Waals surface area contributed by atoms with Crippen LogP contribution < -0.4 is 11.1 Å². The SMILES string of the molecule is CCCS(=O)(=O)CCc1cc2c(N)c(C(=O)NC3CC3)cnc2cc1CO. The summed E-state index contributed by atoms with van der Waals surface area (Å²) >= 11 is 0. The molecule has 4 N–H and O–H groups in total. The molecule has 0 unspecified atom stereocenters. The number of aliphatic hydroxyl groups is 1. The molecule has 8 heteroatoms. The van der Waals surface area contributed by atoms with Crippen LogP contribution in [0.3, 0.4) is 0 Å². The normalized spacial score (nSPS) is 14.4. The monoisotopic (exact) mass is 391 g/mol. The summed E-state index contributed by atoms with van der Waals surface area (Å²) in [5.74, 6) is -0.0959. The van der Waals surface area contributed by atoms with Gasteiger partial charge in [0.25, 0.3) is 5.91 Å². The van der Waals surface area contributed by atoms with Crippen LogP contribution in [0.4, 0.5) is 5.69 Å². The molecular weight excluding hydrogens is 366 g/mol. The molecule has 1 aliphatic rings. The van der Waals surface area contributed by atoms with E-state index >= 15 is 0 Å². The summed E-state index contributed by atoms with van der Waals surface area (Å²) < 4.78 is 24.1. The van der Waals surface area contributed by atoms with E-state index in [4.69, 9.17) is 5.73 Å². The second-order valence-electron chi connectivity index (χ2n) is 7.03. The number of carbonyl (C=O) groups excluding carboxylic acids is 1. The van der Waals surface area contributed by atoms with Crippen molar-refractivity contribution in [2.45, 2.75) is 45.3 Å². The van der Waals surface area contributed by atoms with Gasteiger partial charge in [-0.2, -0.15) is 0 Å². The number of amides is 1. The van der Waals surface area contributed by atoms with Crippen LogP contribution in [-0.4, -0.2) is 42.0 Å². The molecule has 1 fully saturated rings. The molecule has 2 aromatic rings. The Labute approximate surface area is 158 Å². The van der Waals surface area contributed by atoms with Crippen molar-refractivity contribution in [2.75, 3.05) is 17.2 Å². The molecule has 1 amide bonds. The van der Waals surface area contributed by atoms with Crippen molar-refractivity contribution in [2.24, 2.45) is 0 Å². The number of fused-ring (bicyclic) bond motifs is 1. The van der Waals surface area contributed by atoms with Crippen LogP contribution >= 0.6 is 0 Å². The Morgan fingerprint density at radius 1 is 1.30 bits per heavy atom. The number of nitrogens with two attached hydrogens (primary N) is 1. The van der Waals surface area contributed by atoms with Gasteiger partial charge in [-0.05, 0) is 48.9 Å². The number of nitrogens with one attached hydrogen (secondary N) is 1. The van der Waals surface area contributed by atoms with Crippen molar-refractivity contribution < 1.29 is 18.3 Å². The van der Waals surface area contributed by atoms with Gasteiger partial charge in [-0.25, -0.2) is 8.42 Å². The number of hydrogen-bond donors (Lipinski definition) is 3. The van der Waals surface area contributed by atoms with E-state index in [0.717, 1.165) is 12.8 Å². The molecule has 0 aliphatic heterocycles. The van der Waals surface area contributed by atoms with Gasteiger partial charge in [0.2, 0.25) is 0 Å². The summed E-state index contributed by atoms with van der Waals surface area (Å²) in [5, 5.41) is 13.1. The van der Waals surface area contributed by atoms with Crippen LogP contribution in [0, 0.1) is 0 Å². The van der Waals surface area contributed by atoms with Gasteiger partial charge < -0.3 is 16.2 Å². The number of sulfone groups is 1. The maximum Gasteiger partial charge on any atom is 0.255 e. The molecule has 146 valence electrons. The minimum atomic E-state index is -3.14. The fourth-order valence-corrected chi connectivity index (χ4v) is 4.43. The van der Waals surface area contributed by atoms with Crippen molar-refractivity contribution in [3.63, 3.8) is 0 Å². The fraction of sp³-hybridized carbons (Fsp3) is 0.474. The molecule has 0 radical (unpaired) electrons. The average molecular weight is 391 g/mol. The number of benzene rings is 1. The number of aryl methyl sites for hydroxylation is 1. The number of pyridine rings is 1. The highest BCUT2D eigenvalue weighted by Crippen LogP contribution is 2.28. The molecular formula is C19H25N3O4S. The second kappa shape index (κ2) is 7.82. The predicted octanol–water partition coefficient (Wildman–Crippen LogP) is 1.57. The van der Waals surface area contributed by atoms with Gasteiger partial charge >= 0.3 is 0 Å². The molecule has 1 aliphatic carbocycles. The van der Waals surface area contributed by atoms with Gasteiger partial charge in [0.15, 0.2) is 9.84 Å². The van der Waals surface area contributed by atoms with Gasteiger partial charge in [0.05, 0.1) is 29.1 Å². The first-order chi connectivity index (χ1) is 12.8. The predicted molar refractivity (Wildman–Crippen MR) is 105 cm³/mol. The fourth-order valence-electron chi connectivity index (χ4n) is 3.08. The standard InChI is InChI=1S/C19H25N3O4S/c1-2-6-27(25,26)7-5-12-8-15-17(9-13(12)11-23)21-10-16(18(15)20)19(24)22-14-3-4-14/h8-10,14,23H,2-7,11H2,1H3,(H2,20,21)(H,22,24). The van der Waals surface area contributed by atoms with Gasteiger partial charge in [-0.1, -0.05) is 6.92 Å². The summed E-state index contributed by atoms with van der Waals surface area (Å²) in [7, 11) is -3.14. The molecule has 3 rings (SSSR count). The number of hydrogen-bond acceptors (Lipinski definition) is 6. The lowest BCUT2D eigenvalue weighted by molar-refractivity contribution is 0.0951. The van der Waals surface area contributed by atoms with E-state index in [1.165, 1.54) is 6.20 Å². The number of rotatable bonds is 8. The number of nitrogen functional groups attached to an aromatic ring is 1. The maximum atomic E-state index is 12.3. The number of carbonyl (C=O) groups is 1. The third kappa shape index (κ3) is 4.56. The largest absolute Gasteiger partial charge is 0.397 e. The summed E-state index contributed by atoms with van der Waals surface area (Å²) in [6.07, 6.45) is 4.25. The summed E-state index contributed by atoms with van der Waals surface area (Å²) in [4.78, 5) is 16.7. The highest BCUT2D eigenvalue weighted by Gasteiger charge is 2.25. The molecule has 0 atom stereocenters. The van der Waals surface area contributed by atoms with Crippen molar-refractivity contribution >= 4 is 32.3 Å². The Kier molecular flexibility index (Phi) is 5.67. The van der Waals surface area contributed by atoms with E-state index in [-0.39, 0.29) is 36.5 Å². The van der Waals surface area contributed by atoms with Crippen molar-refractivity contribution in [3.05, 3.63) is 35.0 Å². The Hall–Kier alpha value is -2.19. The Morgan fingerprint density at radius 2 is 2.04 bits per heavy atom. The first-order valence-corrected chi connectivity index (χ1v) is 11.0. The van der Waals surface area contributed by atoms with E-state index < -0.39 is 9.84 Å². The third-order valence-electron chi connectivity index (χ3n) is 4.76. The maximum absolute atomic E-state index is 12.3. The number of nitrogens with zero attached hydrogens (tertiary/aromatic N) is 1. The molecule has 0 spiro atoms. The zero-order valence-corrected chi connectivity index (χ0v) is 16.2. The number of aromatic nitrogens is 1. The zero-order valence-electron chi connectivity index (χ0n) is 15.4. The Morgan fingerprint density at radius 3 is 2.67 bits per heavy atom. The van der Waals surface area contributed by atoms with Gasteiger partial charge in [0.1, 0.15) is 0 Å². The zero-order chi connectivity index (χ0) is 19.6. The Balaban J connectivity index is 1.95. The molecule has 1 saturated carbocycles. The van der Waals surface area contributed by atoms with E-state index in [1.807, 2.05) is 6.92 Å². The van der Waals surface area contributed by atoms with E-state index in [9.17, 15) is 18.3 Å². The molecule has 27 heavy (non-hydrogen) atoms. The smallest absolute Gasteiger partial charge is 0.255 e. The highest BCUT2D eigenvalue weighted by molar-refractivity contribution is 7.91. The molecule has 0 bridgehead atoms. The van der Waals surface area contributed by atoms with E-state index in [0.29, 0.717) is 39.7 Å². The third-order valence-corrected chi connectivity index (χ3v) is 6.61. The van der Waals surface area contributed by atoms with Gasteiger partial charge in [-0.3, -0.25) is 9.78 Å². The highest BCUT2D eigenvalue weighted by atomic mass is 32.2. The lowest BCUT2D eigenvalue weighted by Gasteiger charge is -2.13. The first-order valence-electron chi connectivity index (χ1n) is 9.16. The number of anilines is 1. The van der Waals surface area contributed by atoms with Gasteiger partial charge in [-0.15, -0.1) is 0 Å². The van der Waals surface area contributed by atoms with Crippen LogP contribution in [-0.2, 0) is 22.9 Å². The van der Waals surface area contributed by atoms with Crippen molar-refractivity contribution in [1.29, 1.82) is 0 Å². The lowest BCUT2D eigenvalue weighted by Crippen LogP contribution is -2.26. The van der Waals surface area contributed by atoms with Crippen LogP contribution in [0.1, 0.15) is 47.7 Å². The second-order valence-corrected chi connectivity index (χ2v) is 9.33. The topological polar surface area (TPSA) is 122 Å². The summed E-state index contributed by atoms with van der Waals surface area (Å²) in [6, 6.07) is 3.66. The minimum Gasteiger partial charge on any atom is -0.397 e. The van der Waals surface area contributed by atoms with Crippen molar-refractivity contribution in [3.8, 4) is 0 Å². The quantitative estimate of drug-likeness (QED) is 0.628. The van der Waals surface area contributed by atoms with Crippen LogP contribution in [0.15, 0.2) is 18.3 Å². The lowest BCUT2D eigenvalue weighted by atomic mass is 10.00. The molecule has 1 heterocycles. The van der Waals surface area contributed by atoms with E-state index in [2.05, 4.69) is 10.3 Å². The molecule has 0 saturated heterocycles. The Bertz CT molecular complexity index is 969. The summed E-state index contributed by atoms with van der Waals surface area (Å²) in [5.41, 5.74) is 8.76.